The number of fused-ring (bicyclic) bond motifs is 4. The third-order valence-electron chi connectivity index (χ3n) is 6.10. The smallest absolute Gasteiger partial charge is 0.231 e. The Hall–Kier alpha value is -2.21. The Labute approximate surface area is 176 Å². The highest BCUT2D eigenvalue weighted by Gasteiger charge is 2.21. The number of halogens is 1. The number of nitrogens with zero attached hydrogens (tertiary/aromatic N) is 1. The molecule has 1 fully saturated rings. The number of aliphatic hydroxyl groups excluding tert-OH is 1. The number of rotatable bonds is 4. The molecule has 5 nitrogen and oxygen atoms in total. The van der Waals surface area contributed by atoms with Crippen LogP contribution in [0.1, 0.15) is 18.4 Å². The second-order valence-electron chi connectivity index (χ2n) is 7.78. The maximum absolute atomic E-state index is 9.40. The van der Waals surface area contributed by atoms with E-state index in [9.17, 15) is 5.11 Å². The van der Waals surface area contributed by atoms with Crippen LogP contribution in [0.2, 0.25) is 0 Å². The maximum atomic E-state index is 9.40. The summed E-state index contributed by atoms with van der Waals surface area (Å²) in [6.07, 6.45) is 2.13. The van der Waals surface area contributed by atoms with Crippen LogP contribution in [0.25, 0.3) is 21.5 Å². The fraction of sp³-hybridized carbons (Fsp3) is 0.391. The lowest BCUT2D eigenvalue weighted by Crippen LogP contribution is -2.34. The molecule has 6 heteroatoms. The molecule has 154 valence electrons. The zero-order valence-corrected chi connectivity index (χ0v) is 17.3. The molecule has 1 N–H and O–H groups in total. The van der Waals surface area contributed by atoms with Crippen molar-refractivity contribution in [3.8, 4) is 17.2 Å². The fourth-order valence-corrected chi connectivity index (χ4v) is 4.43. The first-order valence-electron chi connectivity index (χ1n) is 9.91. The quantitative estimate of drug-likeness (QED) is 0.642. The summed E-state index contributed by atoms with van der Waals surface area (Å²) in [6.45, 7) is 3.55. The van der Waals surface area contributed by atoms with Gasteiger partial charge in [-0.1, -0.05) is 6.07 Å². The van der Waals surface area contributed by atoms with E-state index >= 15 is 0 Å². The van der Waals surface area contributed by atoms with Crippen molar-refractivity contribution in [1.82, 2.24) is 4.90 Å². The van der Waals surface area contributed by atoms with Gasteiger partial charge in [0.05, 0.1) is 7.11 Å². The van der Waals surface area contributed by atoms with Crippen LogP contribution in [-0.4, -0.2) is 43.6 Å². The Morgan fingerprint density at radius 3 is 2.48 bits per heavy atom. The standard InChI is InChI=1S/C23H25NO4.ClH/c1-26-18-2-3-19-17(12-24-6-4-15(13-25)5-7-24)8-16-9-22-23(28-14-27-22)11-20(16)21(19)10-18;/h2-3,8-11,15,25H,4-7,12-14H2,1H3;1H. The van der Waals surface area contributed by atoms with Gasteiger partial charge in [-0.25, -0.2) is 0 Å². The van der Waals surface area contributed by atoms with Crippen LogP contribution in [0, 0.1) is 5.92 Å². The molecular weight excluding hydrogens is 390 g/mol. The Morgan fingerprint density at radius 1 is 1.00 bits per heavy atom. The summed E-state index contributed by atoms with van der Waals surface area (Å²) in [5.41, 5.74) is 1.31. The molecule has 2 heterocycles. The van der Waals surface area contributed by atoms with E-state index in [-0.39, 0.29) is 19.2 Å². The lowest BCUT2D eigenvalue weighted by molar-refractivity contribution is 0.127. The first-order chi connectivity index (χ1) is 13.7. The highest BCUT2D eigenvalue weighted by Crippen LogP contribution is 2.40. The van der Waals surface area contributed by atoms with Gasteiger partial charge in [-0.2, -0.15) is 0 Å². The Kier molecular flexibility index (Phi) is 5.72. The van der Waals surface area contributed by atoms with E-state index < -0.39 is 0 Å². The minimum absolute atomic E-state index is 0. The fourth-order valence-electron chi connectivity index (χ4n) is 4.43. The number of ether oxygens (including phenoxy) is 3. The second kappa shape index (κ2) is 8.27. The van der Waals surface area contributed by atoms with Crippen LogP contribution in [0.4, 0.5) is 0 Å². The summed E-state index contributed by atoms with van der Waals surface area (Å²) in [5, 5.41) is 14.1. The Bertz CT molecular complexity index is 1030. The number of piperidine rings is 1. The Balaban J connectivity index is 0.00000205. The molecule has 0 aromatic heterocycles. The van der Waals surface area contributed by atoms with E-state index in [1.54, 1.807) is 7.11 Å². The van der Waals surface area contributed by atoms with Crippen molar-refractivity contribution in [1.29, 1.82) is 0 Å². The molecule has 2 aliphatic heterocycles. The van der Waals surface area contributed by atoms with Gasteiger partial charge in [-0.15, -0.1) is 12.4 Å². The minimum Gasteiger partial charge on any atom is -0.497 e. The van der Waals surface area contributed by atoms with E-state index in [1.165, 1.54) is 16.3 Å². The summed E-state index contributed by atoms with van der Waals surface area (Å²) in [6, 6.07) is 12.7. The first kappa shape index (κ1) is 20.1. The van der Waals surface area contributed by atoms with Crippen molar-refractivity contribution in [2.45, 2.75) is 19.4 Å². The molecule has 0 aliphatic carbocycles. The van der Waals surface area contributed by atoms with Crippen LogP contribution in [0.5, 0.6) is 17.2 Å². The van der Waals surface area contributed by atoms with Crippen LogP contribution in [0.15, 0.2) is 36.4 Å². The second-order valence-corrected chi connectivity index (χ2v) is 7.78. The van der Waals surface area contributed by atoms with Crippen molar-refractivity contribution in [2.24, 2.45) is 5.92 Å². The van der Waals surface area contributed by atoms with Crippen molar-refractivity contribution >= 4 is 34.0 Å². The van der Waals surface area contributed by atoms with E-state index in [4.69, 9.17) is 14.2 Å². The lowest BCUT2D eigenvalue weighted by Gasteiger charge is -2.31. The van der Waals surface area contributed by atoms with Gasteiger partial charge in [0.1, 0.15) is 5.75 Å². The van der Waals surface area contributed by atoms with Gasteiger partial charge in [0.2, 0.25) is 6.79 Å². The SMILES string of the molecule is COc1ccc2c(CN3CCC(CO)CC3)cc3cc4c(cc3c2c1)OCO4.Cl. The molecule has 2 aliphatic rings. The lowest BCUT2D eigenvalue weighted by atomic mass is 9.94. The van der Waals surface area contributed by atoms with Gasteiger partial charge >= 0.3 is 0 Å². The molecule has 0 spiro atoms. The maximum Gasteiger partial charge on any atom is 0.231 e. The topological polar surface area (TPSA) is 51.2 Å². The van der Waals surface area contributed by atoms with Crippen LogP contribution in [-0.2, 0) is 6.54 Å². The molecule has 0 amide bonds. The highest BCUT2D eigenvalue weighted by molar-refractivity contribution is 6.10. The van der Waals surface area contributed by atoms with Crippen molar-refractivity contribution in [3.05, 3.63) is 42.0 Å². The van der Waals surface area contributed by atoms with Gasteiger partial charge in [0, 0.05) is 13.2 Å². The van der Waals surface area contributed by atoms with Crippen LogP contribution < -0.4 is 14.2 Å². The van der Waals surface area contributed by atoms with Crippen LogP contribution in [0.3, 0.4) is 0 Å². The zero-order chi connectivity index (χ0) is 19.1. The number of benzene rings is 3. The van der Waals surface area contributed by atoms with Crippen molar-refractivity contribution < 1.29 is 19.3 Å². The number of aliphatic hydroxyl groups is 1. The van der Waals surface area contributed by atoms with E-state index in [0.29, 0.717) is 12.5 Å². The molecule has 1 saturated heterocycles. The molecule has 3 aromatic rings. The molecule has 0 unspecified atom stereocenters. The summed E-state index contributed by atoms with van der Waals surface area (Å²) in [4.78, 5) is 2.49. The van der Waals surface area contributed by atoms with Crippen molar-refractivity contribution in [2.75, 3.05) is 33.6 Å². The van der Waals surface area contributed by atoms with Gasteiger partial charge in [-0.05, 0) is 89.3 Å². The number of likely N-dealkylation sites (tertiary alicyclic amines) is 1. The van der Waals surface area contributed by atoms with E-state index in [2.05, 4.69) is 35.2 Å². The monoisotopic (exact) mass is 415 g/mol. The van der Waals surface area contributed by atoms with Crippen molar-refractivity contribution in [3.63, 3.8) is 0 Å². The molecule has 0 radical (unpaired) electrons. The summed E-state index contributed by atoms with van der Waals surface area (Å²) < 4.78 is 16.7. The van der Waals surface area contributed by atoms with Gasteiger partial charge < -0.3 is 19.3 Å². The van der Waals surface area contributed by atoms with Gasteiger partial charge in [0.15, 0.2) is 11.5 Å². The first-order valence-corrected chi connectivity index (χ1v) is 9.91. The Morgan fingerprint density at radius 2 is 1.76 bits per heavy atom. The average Bonchev–Trinajstić information content (AvgIpc) is 3.20. The predicted molar refractivity (Wildman–Crippen MR) is 116 cm³/mol. The van der Waals surface area contributed by atoms with Crippen LogP contribution >= 0.6 is 12.4 Å². The van der Waals surface area contributed by atoms with E-state index in [0.717, 1.165) is 60.5 Å². The third kappa shape index (κ3) is 3.70. The summed E-state index contributed by atoms with van der Waals surface area (Å²) in [7, 11) is 1.70. The van der Waals surface area contributed by atoms with Gasteiger partial charge in [0.25, 0.3) is 0 Å². The summed E-state index contributed by atoms with van der Waals surface area (Å²) in [5.74, 6) is 2.92. The summed E-state index contributed by atoms with van der Waals surface area (Å²) >= 11 is 0. The molecule has 5 rings (SSSR count). The average molecular weight is 416 g/mol. The minimum atomic E-state index is 0. The van der Waals surface area contributed by atoms with Gasteiger partial charge in [-0.3, -0.25) is 4.90 Å². The normalized spacial score (nSPS) is 16.9. The van der Waals surface area contributed by atoms with E-state index in [1.807, 2.05) is 6.07 Å². The molecular formula is C23H26ClNO4. The predicted octanol–water partition coefficient (Wildman–Crippen LogP) is 4.36. The third-order valence-corrected chi connectivity index (χ3v) is 6.10. The largest absolute Gasteiger partial charge is 0.497 e. The zero-order valence-electron chi connectivity index (χ0n) is 16.5. The number of hydrogen-bond acceptors (Lipinski definition) is 5. The number of hydrogen-bond donors (Lipinski definition) is 1. The molecule has 0 bridgehead atoms. The molecule has 3 aromatic carbocycles. The number of methoxy groups -OCH3 is 1. The highest BCUT2D eigenvalue weighted by atomic mass is 35.5. The molecule has 29 heavy (non-hydrogen) atoms. The molecule has 0 saturated carbocycles. The molecule has 0 atom stereocenters.